The first kappa shape index (κ1) is 14.0. The number of rotatable bonds is 7. The molecule has 2 rings (SSSR count). The molecule has 19 heavy (non-hydrogen) atoms. The molecule has 0 spiro atoms. The summed E-state index contributed by atoms with van der Waals surface area (Å²) in [6, 6.07) is 6.38. The van der Waals surface area contributed by atoms with Crippen LogP contribution in [0.3, 0.4) is 0 Å². The van der Waals surface area contributed by atoms with E-state index in [9.17, 15) is 9.18 Å². The van der Waals surface area contributed by atoms with Crippen LogP contribution in [-0.2, 0) is 4.79 Å². The van der Waals surface area contributed by atoms with Gasteiger partial charge < -0.3 is 10.4 Å². The maximum Gasteiger partial charge on any atom is 0.225 e. The predicted octanol–water partition coefficient (Wildman–Crippen LogP) is 1.61. The van der Waals surface area contributed by atoms with E-state index in [4.69, 9.17) is 5.11 Å². The molecule has 0 radical (unpaired) electrons. The summed E-state index contributed by atoms with van der Waals surface area (Å²) in [5.74, 6) is -0.494. The average molecular weight is 266 g/mol. The topological polar surface area (TPSA) is 52.6 Å². The minimum atomic E-state index is -0.363. The predicted molar refractivity (Wildman–Crippen MR) is 71.3 cm³/mol. The molecule has 0 bridgehead atoms. The zero-order chi connectivity index (χ0) is 13.7. The number of hydrogen-bond donors (Lipinski definition) is 2. The van der Waals surface area contributed by atoms with Crippen LogP contribution >= 0.6 is 0 Å². The molecule has 1 aliphatic rings. The van der Waals surface area contributed by atoms with Crippen molar-refractivity contribution in [1.29, 1.82) is 0 Å². The van der Waals surface area contributed by atoms with Gasteiger partial charge in [-0.25, -0.2) is 4.39 Å². The number of nitrogens with zero attached hydrogens (tertiary/aromatic N) is 1. The molecule has 5 heteroatoms. The Morgan fingerprint density at radius 2 is 2.21 bits per heavy atom. The van der Waals surface area contributed by atoms with Crippen molar-refractivity contribution in [3.8, 4) is 0 Å². The summed E-state index contributed by atoms with van der Waals surface area (Å²) in [6.07, 6.45) is 2.64. The number of hydrogen-bond acceptors (Lipinski definition) is 3. The van der Waals surface area contributed by atoms with Crippen LogP contribution in [0.1, 0.15) is 19.3 Å². The highest BCUT2D eigenvalue weighted by atomic mass is 19.1. The van der Waals surface area contributed by atoms with Gasteiger partial charge in [0, 0.05) is 31.2 Å². The SMILES string of the molecule is O=C(CCN(CCO)C1CC1)Nc1cccc(F)c1. The molecule has 0 unspecified atom stereocenters. The van der Waals surface area contributed by atoms with Crippen LogP contribution in [0.5, 0.6) is 0 Å². The first-order valence-electron chi connectivity index (χ1n) is 6.59. The number of nitrogens with one attached hydrogen (secondary N) is 1. The van der Waals surface area contributed by atoms with Gasteiger partial charge in [0.25, 0.3) is 0 Å². The Bertz CT molecular complexity index is 435. The van der Waals surface area contributed by atoms with E-state index in [1.165, 1.54) is 12.1 Å². The standard InChI is InChI=1S/C14H19FN2O2/c15-11-2-1-3-12(10-11)16-14(19)6-7-17(8-9-18)13-4-5-13/h1-3,10,13,18H,4-9H2,(H,16,19). The summed E-state index contributed by atoms with van der Waals surface area (Å²) in [4.78, 5) is 13.9. The molecule has 0 heterocycles. The largest absolute Gasteiger partial charge is 0.395 e. The van der Waals surface area contributed by atoms with Crippen LogP contribution in [0.25, 0.3) is 0 Å². The Morgan fingerprint density at radius 1 is 1.42 bits per heavy atom. The third-order valence-corrected chi connectivity index (χ3v) is 3.18. The smallest absolute Gasteiger partial charge is 0.225 e. The molecular formula is C14H19FN2O2. The Kier molecular flexibility index (Phi) is 4.87. The molecule has 1 saturated carbocycles. The Morgan fingerprint density at radius 3 is 2.84 bits per heavy atom. The van der Waals surface area contributed by atoms with Crippen LogP contribution in [0.4, 0.5) is 10.1 Å². The zero-order valence-electron chi connectivity index (χ0n) is 10.8. The summed E-state index contributed by atoms with van der Waals surface area (Å²) in [5.41, 5.74) is 0.477. The first-order chi connectivity index (χ1) is 9.19. The summed E-state index contributed by atoms with van der Waals surface area (Å²) in [7, 11) is 0. The monoisotopic (exact) mass is 266 g/mol. The summed E-state index contributed by atoms with van der Waals surface area (Å²) in [6.45, 7) is 1.35. The molecule has 0 saturated heterocycles. The Balaban J connectivity index is 1.77. The fourth-order valence-corrected chi connectivity index (χ4v) is 2.08. The molecule has 0 aliphatic heterocycles. The van der Waals surface area contributed by atoms with Crippen LogP contribution in [0.2, 0.25) is 0 Å². The van der Waals surface area contributed by atoms with Crippen molar-refractivity contribution in [2.45, 2.75) is 25.3 Å². The quantitative estimate of drug-likeness (QED) is 0.788. The van der Waals surface area contributed by atoms with E-state index in [1.807, 2.05) is 0 Å². The van der Waals surface area contributed by atoms with Gasteiger partial charge in [-0.3, -0.25) is 9.69 Å². The molecule has 1 fully saturated rings. The number of aliphatic hydroxyl groups is 1. The van der Waals surface area contributed by atoms with E-state index < -0.39 is 0 Å². The average Bonchev–Trinajstić information content (AvgIpc) is 3.18. The third-order valence-electron chi connectivity index (χ3n) is 3.18. The van der Waals surface area contributed by atoms with Gasteiger partial charge in [-0.1, -0.05) is 6.07 Å². The molecule has 1 aliphatic carbocycles. The van der Waals surface area contributed by atoms with Crippen LogP contribution in [0.15, 0.2) is 24.3 Å². The van der Waals surface area contributed by atoms with Crippen molar-refractivity contribution in [2.75, 3.05) is 25.0 Å². The van der Waals surface area contributed by atoms with Crippen LogP contribution in [-0.4, -0.2) is 41.7 Å². The van der Waals surface area contributed by atoms with E-state index in [1.54, 1.807) is 12.1 Å². The Hall–Kier alpha value is -1.46. The lowest BCUT2D eigenvalue weighted by Crippen LogP contribution is -2.32. The third kappa shape index (κ3) is 4.61. The number of benzene rings is 1. The maximum atomic E-state index is 13.0. The van der Waals surface area contributed by atoms with Crippen molar-refractivity contribution >= 4 is 11.6 Å². The number of carbonyl (C=O) groups excluding carboxylic acids is 1. The highest BCUT2D eigenvalue weighted by Gasteiger charge is 2.28. The number of anilines is 1. The second-order valence-corrected chi connectivity index (χ2v) is 4.80. The lowest BCUT2D eigenvalue weighted by Gasteiger charge is -2.20. The first-order valence-corrected chi connectivity index (χ1v) is 6.59. The molecule has 0 aromatic heterocycles. The van der Waals surface area contributed by atoms with Crippen LogP contribution in [0, 0.1) is 5.82 Å². The van der Waals surface area contributed by atoms with Crippen LogP contribution < -0.4 is 5.32 Å². The van der Waals surface area contributed by atoms with Gasteiger partial charge in [0.2, 0.25) is 5.91 Å². The molecule has 1 amide bonds. The van der Waals surface area contributed by atoms with E-state index in [0.717, 1.165) is 12.8 Å². The highest BCUT2D eigenvalue weighted by Crippen LogP contribution is 2.26. The summed E-state index contributed by atoms with van der Waals surface area (Å²) < 4.78 is 13.0. The van der Waals surface area contributed by atoms with E-state index in [0.29, 0.717) is 31.2 Å². The number of aliphatic hydroxyl groups excluding tert-OH is 1. The molecule has 2 N–H and O–H groups in total. The maximum absolute atomic E-state index is 13.0. The van der Waals surface area contributed by atoms with Gasteiger partial charge in [-0.15, -0.1) is 0 Å². The van der Waals surface area contributed by atoms with Gasteiger partial charge in [0.05, 0.1) is 6.61 Å². The van der Waals surface area contributed by atoms with Crippen molar-refractivity contribution < 1.29 is 14.3 Å². The molecule has 104 valence electrons. The number of carbonyl (C=O) groups is 1. The van der Waals surface area contributed by atoms with Crippen molar-refractivity contribution in [3.05, 3.63) is 30.1 Å². The van der Waals surface area contributed by atoms with Gasteiger partial charge in [-0.05, 0) is 31.0 Å². The van der Waals surface area contributed by atoms with Crippen molar-refractivity contribution in [1.82, 2.24) is 4.90 Å². The van der Waals surface area contributed by atoms with Crippen molar-refractivity contribution in [2.24, 2.45) is 0 Å². The second kappa shape index (κ2) is 6.63. The summed E-state index contributed by atoms with van der Waals surface area (Å²) in [5, 5.41) is 11.6. The molecule has 1 aromatic rings. The van der Waals surface area contributed by atoms with Gasteiger partial charge in [0.15, 0.2) is 0 Å². The lowest BCUT2D eigenvalue weighted by molar-refractivity contribution is -0.116. The summed E-state index contributed by atoms with van der Waals surface area (Å²) >= 11 is 0. The molecule has 4 nitrogen and oxygen atoms in total. The Labute approximate surface area is 112 Å². The van der Waals surface area contributed by atoms with E-state index in [2.05, 4.69) is 10.2 Å². The van der Waals surface area contributed by atoms with E-state index >= 15 is 0 Å². The number of amides is 1. The second-order valence-electron chi connectivity index (χ2n) is 4.80. The normalized spacial score (nSPS) is 14.7. The number of halogens is 1. The fourth-order valence-electron chi connectivity index (χ4n) is 2.08. The fraction of sp³-hybridized carbons (Fsp3) is 0.500. The van der Waals surface area contributed by atoms with Gasteiger partial charge in [-0.2, -0.15) is 0 Å². The van der Waals surface area contributed by atoms with Gasteiger partial charge >= 0.3 is 0 Å². The van der Waals surface area contributed by atoms with E-state index in [-0.39, 0.29) is 18.3 Å². The highest BCUT2D eigenvalue weighted by molar-refractivity contribution is 5.90. The lowest BCUT2D eigenvalue weighted by atomic mass is 10.3. The molecule has 1 aromatic carbocycles. The molecular weight excluding hydrogens is 247 g/mol. The minimum Gasteiger partial charge on any atom is -0.395 e. The van der Waals surface area contributed by atoms with Crippen molar-refractivity contribution in [3.63, 3.8) is 0 Å². The molecule has 0 atom stereocenters. The zero-order valence-corrected chi connectivity index (χ0v) is 10.8. The minimum absolute atomic E-state index is 0.113. The van der Waals surface area contributed by atoms with Gasteiger partial charge in [0.1, 0.15) is 5.82 Å².